The third-order valence-electron chi connectivity index (χ3n) is 4.94. The fourth-order valence-corrected chi connectivity index (χ4v) is 3.50. The van der Waals surface area contributed by atoms with Gasteiger partial charge in [0.15, 0.2) is 11.4 Å². The first-order valence-electron chi connectivity index (χ1n) is 9.67. The van der Waals surface area contributed by atoms with Crippen molar-refractivity contribution >= 4 is 17.2 Å². The second-order valence-electron chi connectivity index (χ2n) is 6.74. The molecule has 0 spiro atoms. The van der Waals surface area contributed by atoms with E-state index < -0.39 is 0 Å². The Morgan fingerprint density at radius 2 is 1.69 bits per heavy atom. The van der Waals surface area contributed by atoms with Crippen LogP contribution in [-0.2, 0) is 13.0 Å². The van der Waals surface area contributed by atoms with Crippen molar-refractivity contribution in [3.8, 4) is 5.75 Å². The Morgan fingerprint density at radius 1 is 1.00 bits per heavy atom. The largest absolute Gasteiger partial charge is 0.493 e. The number of benzene rings is 2. The van der Waals surface area contributed by atoms with Crippen molar-refractivity contribution in [2.45, 2.75) is 19.9 Å². The molecule has 5 heteroatoms. The molecule has 0 radical (unpaired) electrons. The molecule has 2 aromatic heterocycles. The van der Waals surface area contributed by atoms with Crippen LogP contribution in [0.3, 0.4) is 0 Å². The number of rotatable bonds is 6. The van der Waals surface area contributed by atoms with Crippen LogP contribution in [0.2, 0.25) is 0 Å². The van der Waals surface area contributed by atoms with Gasteiger partial charge in [-0.15, -0.1) is 0 Å². The average molecular weight is 385 g/mol. The number of para-hydroxylation sites is 1. The van der Waals surface area contributed by atoms with E-state index in [4.69, 9.17) is 9.72 Å². The highest BCUT2D eigenvalue weighted by atomic mass is 16.5. The smallest absolute Gasteiger partial charge is 0.277 e. The number of methoxy groups -OCH3 is 1. The normalized spacial score (nSPS) is 10.8. The van der Waals surface area contributed by atoms with Gasteiger partial charge in [-0.1, -0.05) is 55.5 Å². The molecule has 146 valence electrons. The Bertz CT molecular complexity index is 1120. The Kier molecular flexibility index (Phi) is 5.29. The number of ether oxygens (including phenoxy) is 1. The minimum atomic E-state index is -0.0855. The van der Waals surface area contributed by atoms with E-state index in [1.165, 1.54) is 0 Å². The summed E-state index contributed by atoms with van der Waals surface area (Å²) >= 11 is 0. The molecule has 0 aliphatic rings. The van der Waals surface area contributed by atoms with E-state index in [0.29, 0.717) is 30.1 Å². The molecule has 1 amide bonds. The fourth-order valence-electron chi connectivity index (χ4n) is 3.50. The van der Waals surface area contributed by atoms with Gasteiger partial charge in [0.25, 0.3) is 5.91 Å². The lowest BCUT2D eigenvalue weighted by Crippen LogP contribution is -2.32. The molecule has 0 aliphatic carbocycles. The summed E-state index contributed by atoms with van der Waals surface area (Å²) in [4.78, 5) is 20.3. The molecule has 0 aliphatic heterocycles. The van der Waals surface area contributed by atoms with E-state index in [0.717, 1.165) is 16.9 Å². The summed E-state index contributed by atoms with van der Waals surface area (Å²) in [5, 5.41) is 0. The summed E-state index contributed by atoms with van der Waals surface area (Å²) in [7, 11) is 1.61. The van der Waals surface area contributed by atoms with Crippen molar-refractivity contribution in [3.63, 3.8) is 0 Å². The predicted molar refractivity (Wildman–Crippen MR) is 115 cm³/mol. The molecule has 0 N–H and O–H groups in total. The van der Waals surface area contributed by atoms with Crippen molar-refractivity contribution in [2.24, 2.45) is 0 Å². The van der Waals surface area contributed by atoms with E-state index in [-0.39, 0.29) is 5.91 Å². The molecule has 5 nitrogen and oxygen atoms in total. The Balaban J connectivity index is 1.84. The first-order chi connectivity index (χ1) is 14.2. The molecule has 29 heavy (non-hydrogen) atoms. The van der Waals surface area contributed by atoms with Crippen LogP contribution < -0.4 is 9.64 Å². The highest BCUT2D eigenvalue weighted by Gasteiger charge is 2.26. The topological polar surface area (TPSA) is 46.8 Å². The number of hydrogen-bond donors (Lipinski definition) is 0. The van der Waals surface area contributed by atoms with Gasteiger partial charge in [-0.05, 0) is 36.2 Å². The number of fused-ring (bicyclic) bond motifs is 1. The maximum Gasteiger partial charge on any atom is 0.277 e. The minimum absolute atomic E-state index is 0.0855. The summed E-state index contributed by atoms with van der Waals surface area (Å²) in [6.07, 6.45) is 2.52. The third-order valence-corrected chi connectivity index (χ3v) is 4.94. The zero-order chi connectivity index (χ0) is 20.2. The maximum absolute atomic E-state index is 13.8. The molecular weight excluding hydrogens is 362 g/mol. The first kappa shape index (κ1) is 18.7. The number of aromatic nitrogens is 2. The summed E-state index contributed by atoms with van der Waals surface area (Å²) in [5.74, 6) is 0.563. The van der Waals surface area contributed by atoms with Gasteiger partial charge < -0.3 is 9.64 Å². The quantitative estimate of drug-likeness (QED) is 0.481. The molecule has 0 unspecified atom stereocenters. The van der Waals surface area contributed by atoms with Crippen molar-refractivity contribution in [2.75, 3.05) is 12.0 Å². The van der Waals surface area contributed by atoms with Crippen molar-refractivity contribution in [3.05, 3.63) is 95.9 Å². The van der Waals surface area contributed by atoms with Crippen LogP contribution >= 0.6 is 0 Å². The Morgan fingerprint density at radius 3 is 2.34 bits per heavy atom. The van der Waals surface area contributed by atoms with E-state index in [9.17, 15) is 4.79 Å². The van der Waals surface area contributed by atoms with Crippen LogP contribution in [0.5, 0.6) is 5.75 Å². The number of imidazole rings is 1. The Hall–Kier alpha value is -3.60. The summed E-state index contributed by atoms with van der Waals surface area (Å²) < 4.78 is 7.29. The van der Waals surface area contributed by atoms with Gasteiger partial charge in [0.1, 0.15) is 5.69 Å². The second kappa shape index (κ2) is 8.19. The molecule has 0 atom stereocenters. The molecule has 4 aromatic rings. The molecule has 0 bridgehead atoms. The molecule has 0 saturated heterocycles. The summed E-state index contributed by atoms with van der Waals surface area (Å²) in [5.41, 5.74) is 3.90. The zero-order valence-electron chi connectivity index (χ0n) is 16.6. The number of aryl methyl sites for hydroxylation is 1. The number of hydrogen-bond acceptors (Lipinski definition) is 3. The Labute approximate surface area is 170 Å². The SMILES string of the molecule is CCc1nc2c(OC)cccn2c1C(=O)N(Cc1ccccc1)c1ccccc1. The van der Waals surface area contributed by atoms with Gasteiger partial charge in [0, 0.05) is 11.9 Å². The van der Waals surface area contributed by atoms with Crippen molar-refractivity contribution in [1.82, 2.24) is 9.38 Å². The second-order valence-corrected chi connectivity index (χ2v) is 6.74. The lowest BCUT2D eigenvalue weighted by atomic mass is 10.1. The number of carbonyl (C=O) groups excluding carboxylic acids is 1. The highest BCUT2D eigenvalue weighted by molar-refractivity contribution is 6.06. The van der Waals surface area contributed by atoms with E-state index >= 15 is 0 Å². The van der Waals surface area contributed by atoms with Crippen LogP contribution in [-0.4, -0.2) is 22.4 Å². The number of nitrogens with zero attached hydrogens (tertiary/aromatic N) is 3. The molecule has 0 saturated carbocycles. The van der Waals surface area contributed by atoms with Gasteiger partial charge in [-0.25, -0.2) is 4.98 Å². The van der Waals surface area contributed by atoms with Crippen LogP contribution in [0.25, 0.3) is 5.65 Å². The van der Waals surface area contributed by atoms with Crippen molar-refractivity contribution in [1.29, 1.82) is 0 Å². The first-order valence-corrected chi connectivity index (χ1v) is 9.67. The lowest BCUT2D eigenvalue weighted by molar-refractivity contribution is 0.0978. The van der Waals surface area contributed by atoms with E-state index in [2.05, 4.69) is 0 Å². The van der Waals surface area contributed by atoms with Crippen LogP contribution in [0.4, 0.5) is 5.69 Å². The number of carbonyl (C=O) groups is 1. The molecule has 2 heterocycles. The van der Waals surface area contributed by atoms with Crippen LogP contribution in [0.15, 0.2) is 79.0 Å². The van der Waals surface area contributed by atoms with Crippen LogP contribution in [0.1, 0.15) is 28.7 Å². The van der Waals surface area contributed by atoms with Gasteiger partial charge in [0.2, 0.25) is 0 Å². The van der Waals surface area contributed by atoms with E-state index in [1.54, 1.807) is 12.0 Å². The van der Waals surface area contributed by atoms with E-state index in [1.807, 2.05) is 90.3 Å². The predicted octanol–water partition coefficient (Wildman–Crippen LogP) is 4.75. The van der Waals surface area contributed by atoms with Gasteiger partial charge >= 0.3 is 0 Å². The molecule has 0 fully saturated rings. The molecule has 2 aromatic carbocycles. The van der Waals surface area contributed by atoms with Crippen molar-refractivity contribution < 1.29 is 9.53 Å². The minimum Gasteiger partial charge on any atom is -0.493 e. The standard InChI is InChI=1S/C24H23N3O2/c1-3-20-22(26-16-10-15-21(29-2)23(26)25-20)24(28)27(19-13-8-5-9-14-19)17-18-11-6-4-7-12-18/h4-16H,3,17H2,1-2H3. The fraction of sp³-hybridized carbons (Fsp3) is 0.167. The summed E-state index contributed by atoms with van der Waals surface area (Å²) in [6.45, 7) is 2.49. The zero-order valence-corrected chi connectivity index (χ0v) is 16.6. The summed E-state index contributed by atoms with van der Waals surface area (Å²) in [6, 6.07) is 23.5. The third kappa shape index (κ3) is 3.59. The monoisotopic (exact) mass is 385 g/mol. The number of anilines is 1. The number of pyridine rings is 1. The molecular formula is C24H23N3O2. The van der Waals surface area contributed by atoms with Gasteiger partial charge in [-0.3, -0.25) is 9.20 Å². The highest BCUT2D eigenvalue weighted by Crippen LogP contribution is 2.26. The van der Waals surface area contributed by atoms with Gasteiger partial charge in [-0.2, -0.15) is 0 Å². The number of amides is 1. The maximum atomic E-state index is 13.8. The van der Waals surface area contributed by atoms with Crippen LogP contribution in [0, 0.1) is 0 Å². The lowest BCUT2D eigenvalue weighted by Gasteiger charge is -2.23. The van der Waals surface area contributed by atoms with Gasteiger partial charge in [0.05, 0.1) is 19.3 Å². The molecule has 4 rings (SSSR count). The average Bonchev–Trinajstić information content (AvgIpc) is 3.17.